The molecule has 1 heterocycles. The van der Waals surface area contributed by atoms with E-state index in [1.807, 2.05) is 11.4 Å². The van der Waals surface area contributed by atoms with E-state index >= 15 is 0 Å². The van der Waals surface area contributed by atoms with Crippen LogP contribution in [0.15, 0.2) is 23.3 Å². The molecule has 0 spiro atoms. The molecule has 100 valence electrons. The number of rotatable bonds is 5. The van der Waals surface area contributed by atoms with Crippen molar-refractivity contribution in [2.75, 3.05) is 0 Å². The predicted molar refractivity (Wildman–Crippen MR) is 75.2 cm³/mol. The normalized spacial score (nSPS) is 11.5. The van der Waals surface area contributed by atoms with Crippen molar-refractivity contribution in [1.29, 1.82) is 5.26 Å². The first kappa shape index (κ1) is 15.1. The topological polar surface area (TPSA) is 63.0 Å². The molecule has 0 aromatic carbocycles. The first-order chi connectivity index (χ1) is 8.99. The molecule has 0 amide bonds. The third kappa shape index (κ3) is 4.04. The Hall–Kier alpha value is -1.93. The number of nitriles is 1. The van der Waals surface area contributed by atoms with Gasteiger partial charge >= 0.3 is 5.97 Å². The molecule has 4 nitrogen and oxygen atoms in total. The number of thiazole rings is 1. The van der Waals surface area contributed by atoms with Crippen molar-refractivity contribution in [1.82, 2.24) is 4.98 Å². The van der Waals surface area contributed by atoms with E-state index < -0.39 is 5.97 Å². The van der Waals surface area contributed by atoms with Crippen LogP contribution in [0.2, 0.25) is 0 Å². The highest BCUT2D eigenvalue weighted by molar-refractivity contribution is 7.10. The molecule has 0 aliphatic heterocycles. The lowest BCUT2D eigenvalue weighted by Gasteiger charge is -2.05. The first-order valence-electron chi connectivity index (χ1n) is 5.93. The second kappa shape index (κ2) is 6.86. The van der Waals surface area contributed by atoms with Gasteiger partial charge < -0.3 is 4.74 Å². The van der Waals surface area contributed by atoms with Crippen molar-refractivity contribution in [3.8, 4) is 6.07 Å². The number of carbonyl (C=O) groups is 1. The Morgan fingerprint density at radius 3 is 2.79 bits per heavy atom. The number of aryl methyl sites for hydroxylation is 1. The van der Waals surface area contributed by atoms with Crippen molar-refractivity contribution >= 4 is 22.9 Å². The molecule has 0 unspecified atom stereocenters. The highest BCUT2D eigenvalue weighted by Crippen LogP contribution is 2.23. The summed E-state index contributed by atoms with van der Waals surface area (Å²) in [5.74, 6) is -0.275. The fourth-order valence-electron chi connectivity index (χ4n) is 1.35. The van der Waals surface area contributed by atoms with Crippen molar-refractivity contribution in [2.24, 2.45) is 0 Å². The third-order valence-electron chi connectivity index (χ3n) is 2.33. The number of aromatic nitrogens is 1. The zero-order chi connectivity index (χ0) is 14.4. The molecule has 19 heavy (non-hydrogen) atoms. The average Bonchev–Trinajstić information content (AvgIpc) is 2.78. The summed E-state index contributed by atoms with van der Waals surface area (Å²) in [6.07, 6.45) is 1.87. The monoisotopic (exact) mass is 276 g/mol. The Kier molecular flexibility index (Phi) is 5.46. The molecule has 0 aliphatic rings. The summed E-state index contributed by atoms with van der Waals surface area (Å²) in [7, 11) is 0. The summed E-state index contributed by atoms with van der Waals surface area (Å²) in [5, 5.41) is 11.7. The second-order valence-corrected chi connectivity index (χ2v) is 4.96. The third-order valence-corrected chi connectivity index (χ3v) is 3.24. The fraction of sp³-hybridized carbons (Fsp3) is 0.357. The summed E-state index contributed by atoms with van der Waals surface area (Å²) in [6, 6.07) is 2.04. The molecule has 1 aromatic rings. The molecule has 1 aromatic heterocycles. The van der Waals surface area contributed by atoms with Gasteiger partial charge in [-0.05, 0) is 20.3 Å². The van der Waals surface area contributed by atoms with Gasteiger partial charge in [-0.25, -0.2) is 9.78 Å². The van der Waals surface area contributed by atoms with Gasteiger partial charge in [0.25, 0.3) is 0 Å². The van der Waals surface area contributed by atoms with Crippen LogP contribution in [-0.4, -0.2) is 11.0 Å². The number of esters is 1. The van der Waals surface area contributed by atoms with Crippen LogP contribution in [0.4, 0.5) is 0 Å². The van der Waals surface area contributed by atoms with E-state index in [1.165, 1.54) is 11.3 Å². The molecule has 0 radical (unpaired) electrons. The van der Waals surface area contributed by atoms with Crippen LogP contribution in [0, 0.1) is 11.3 Å². The van der Waals surface area contributed by atoms with E-state index in [-0.39, 0.29) is 5.76 Å². The van der Waals surface area contributed by atoms with E-state index in [0.717, 1.165) is 18.5 Å². The minimum absolute atomic E-state index is 0.257. The largest absolute Gasteiger partial charge is 0.427 e. The average molecular weight is 276 g/mol. The van der Waals surface area contributed by atoms with E-state index in [0.29, 0.717) is 16.2 Å². The lowest BCUT2D eigenvalue weighted by Crippen LogP contribution is -2.04. The van der Waals surface area contributed by atoms with Gasteiger partial charge in [0.15, 0.2) is 0 Å². The SMILES string of the molecule is C=C(C)C(=O)O/C(C)=C(/C#N)c1nc(CCC)cs1. The Morgan fingerprint density at radius 2 is 2.26 bits per heavy atom. The molecular weight excluding hydrogens is 260 g/mol. The summed E-state index contributed by atoms with van der Waals surface area (Å²) in [6.45, 7) is 8.71. The minimum Gasteiger partial charge on any atom is -0.427 e. The Balaban J connectivity index is 3.00. The molecule has 0 saturated heterocycles. The van der Waals surface area contributed by atoms with E-state index in [4.69, 9.17) is 4.74 Å². The molecular formula is C14H16N2O2S. The molecule has 0 N–H and O–H groups in total. The number of allylic oxidation sites excluding steroid dienone is 2. The van der Waals surface area contributed by atoms with Gasteiger partial charge in [0.05, 0.1) is 5.69 Å². The molecule has 0 atom stereocenters. The van der Waals surface area contributed by atoms with Crippen molar-refractivity contribution in [3.05, 3.63) is 34.0 Å². The van der Waals surface area contributed by atoms with Gasteiger partial charge in [0, 0.05) is 11.0 Å². The van der Waals surface area contributed by atoms with Crippen molar-refractivity contribution in [3.63, 3.8) is 0 Å². The van der Waals surface area contributed by atoms with Crippen LogP contribution in [0.5, 0.6) is 0 Å². The van der Waals surface area contributed by atoms with Gasteiger partial charge in [-0.1, -0.05) is 19.9 Å². The maximum Gasteiger partial charge on any atom is 0.338 e. The van der Waals surface area contributed by atoms with Crippen molar-refractivity contribution in [2.45, 2.75) is 33.6 Å². The number of nitrogens with zero attached hydrogens (tertiary/aromatic N) is 2. The van der Waals surface area contributed by atoms with Gasteiger partial charge in [0.2, 0.25) is 0 Å². The van der Waals surface area contributed by atoms with Crippen LogP contribution >= 0.6 is 11.3 Å². The lowest BCUT2D eigenvalue weighted by atomic mass is 10.2. The van der Waals surface area contributed by atoms with E-state index in [2.05, 4.69) is 18.5 Å². The van der Waals surface area contributed by atoms with Crippen LogP contribution in [0.25, 0.3) is 5.57 Å². The number of hydrogen-bond donors (Lipinski definition) is 0. The molecule has 0 fully saturated rings. The molecule has 0 aliphatic carbocycles. The predicted octanol–water partition coefficient (Wildman–Crippen LogP) is 3.47. The Labute approximate surface area is 117 Å². The zero-order valence-corrected chi connectivity index (χ0v) is 12.1. The van der Waals surface area contributed by atoms with Gasteiger partial charge in [0.1, 0.15) is 22.4 Å². The lowest BCUT2D eigenvalue weighted by molar-refractivity contribution is -0.134. The maximum atomic E-state index is 11.4. The number of carbonyl (C=O) groups excluding carboxylic acids is 1. The summed E-state index contributed by atoms with van der Waals surface area (Å²) in [5.41, 5.74) is 1.54. The minimum atomic E-state index is -0.532. The quantitative estimate of drug-likeness (QED) is 0.357. The van der Waals surface area contributed by atoms with Crippen LogP contribution < -0.4 is 0 Å². The van der Waals surface area contributed by atoms with Gasteiger partial charge in [-0.15, -0.1) is 11.3 Å². The molecule has 0 saturated carbocycles. The molecule has 1 rings (SSSR count). The first-order valence-corrected chi connectivity index (χ1v) is 6.81. The van der Waals surface area contributed by atoms with Gasteiger partial charge in [-0.2, -0.15) is 5.26 Å². The van der Waals surface area contributed by atoms with E-state index in [9.17, 15) is 10.1 Å². The van der Waals surface area contributed by atoms with E-state index in [1.54, 1.807) is 13.8 Å². The molecule has 0 bridgehead atoms. The second-order valence-electron chi connectivity index (χ2n) is 4.11. The van der Waals surface area contributed by atoms with Crippen LogP contribution in [0.1, 0.15) is 37.9 Å². The summed E-state index contributed by atoms with van der Waals surface area (Å²) >= 11 is 1.38. The Bertz CT molecular complexity index is 564. The highest BCUT2D eigenvalue weighted by Gasteiger charge is 2.14. The highest BCUT2D eigenvalue weighted by atomic mass is 32.1. The smallest absolute Gasteiger partial charge is 0.338 e. The van der Waals surface area contributed by atoms with Crippen LogP contribution in [-0.2, 0) is 16.0 Å². The summed E-state index contributed by atoms with van der Waals surface area (Å²) in [4.78, 5) is 15.8. The van der Waals surface area contributed by atoms with Crippen molar-refractivity contribution < 1.29 is 9.53 Å². The van der Waals surface area contributed by atoms with Crippen LogP contribution in [0.3, 0.4) is 0 Å². The maximum absolute atomic E-state index is 11.4. The summed E-state index contributed by atoms with van der Waals surface area (Å²) < 4.78 is 5.07. The molecule has 5 heteroatoms. The number of hydrogen-bond acceptors (Lipinski definition) is 5. The zero-order valence-electron chi connectivity index (χ0n) is 11.3. The number of ether oxygens (including phenoxy) is 1. The Morgan fingerprint density at radius 1 is 1.58 bits per heavy atom. The van der Waals surface area contributed by atoms with Gasteiger partial charge in [-0.3, -0.25) is 0 Å². The fourth-order valence-corrected chi connectivity index (χ4v) is 2.24. The standard InChI is InChI=1S/C14H16N2O2S/c1-5-6-11-8-19-13(16-11)12(7-15)10(4)18-14(17)9(2)3/h8H,2,5-6H2,1,3-4H3/b12-10-.